The molecule has 2 aliphatic heterocycles. The molecule has 0 bridgehead atoms. The van der Waals surface area contributed by atoms with E-state index in [0.717, 1.165) is 44.3 Å². The van der Waals surface area contributed by atoms with Gasteiger partial charge in [0.2, 0.25) is 29.7 Å². The summed E-state index contributed by atoms with van der Waals surface area (Å²) in [5.74, 6) is 2.78. The molecule has 0 aliphatic carbocycles. The van der Waals surface area contributed by atoms with E-state index >= 15 is 0 Å². The molecular weight excluding hydrogens is 838 g/mol. The Morgan fingerprint density at radius 3 is 1.97 bits per heavy atom. The van der Waals surface area contributed by atoms with Gasteiger partial charge in [-0.05, 0) is 39.0 Å². The predicted molar refractivity (Wildman–Crippen MR) is 227 cm³/mol. The number of amides is 2. The molecule has 0 spiro atoms. The molecule has 2 amide bonds. The number of hydrogen-bond acceptors (Lipinski definition) is 16. The Hall–Kier alpha value is -5.21. The Labute approximate surface area is 375 Å². The molecule has 348 valence electrons. The maximum atomic E-state index is 14.1. The standard InChI is InChI=1S/C40H63N15O7.ClH/c1-4-6-9-32-30-55(49-46-32)34(10-7-8-13-41)37(59)51-17-21-53(22-18-51)40-44-38(42-14-24-61-26-28-62-27-25-60-23-5-2)43-39(45-40)52-19-15-50(16-20-52)36(58)31(3)54-29-33(47-48-54)11-12-35(56)57;/h2,29-31,34H,4,6-28,41H2,1,3H3,(H,56,57)(H,42,43,44,45);1H/t31-,34-;/m0./s1. The van der Waals surface area contributed by atoms with Crippen LogP contribution in [-0.2, 0) is 41.4 Å². The van der Waals surface area contributed by atoms with Crippen molar-refractivity contribution >= 4 is 35.6 Å². The lowest BCUT2D eigenvalue weighted by atomic mass is 10.1. The number of halogens is 1. The minimum atomic E-state index is -0.921. The number of quaternary nitrogens is 1. The molecule has 63 heavy (non-hydrogen) atoms. The van der Waals surface area contributed by atoms with E-state index in [0.29, 0.717) is 122 Å². The van der Waals surface area contributed by atoms with Gasteiger partial charge < -0.3 is 62.4 Å². The van der Waals surface area contributed by atoms with Gasteiger partial charge in [0, 0.05) is 77.7 Å². The molecule has 2 aliphatic rings. The largest absolute Gasteiger partial charge is 1.00 e. The molecule has 22 nitrogen and oxygen atoms in total. The molecule has 5 N–H and O–H groups in total. The van der Waals surface area contributed by atoms with E-state index in [1.807, 2.05) is 16.0 Å². The number of carboxylic acid groups (broad SMARTS) is 1. The van der Waals surface area contributed by atoms with Gasteiger partial charge in [-0.1, -0.05) is 29.7 Å². The number of rotatable bonds is 27. The van der Waals surface area contributed by atoms with Crippen LogP contribution in [0.1, 0.15) is 75.8 Å². The lowest BCUT2D eigenvalue weighted by Gasteiger charge is -2.37. The zero-order valence-electron chi connectivity index (χ0n) is 36.7. The van der Waals surface area contributed by atoms with Crippen molar-refractivity contribution in [3.05, 3.63) is 23.8 Å². The molecule has 5 heterocycles. The lowest BCUT2D eigenvalue weighted by Crippen LogP contribution is -3.00. The summed E-state index contributed by atoms with van der Waals surface area (Å²) in [6.07, 6.45) is 14.3. The van der Waals surface area contributed by atoms with Crippen LogP contribution in [0, 0.1) is 12.3 Å². The first-order valence-corrected chi connectivity index (χ1v) is 21.8. The van der Waals surface area contributed by atoms with Gasteiger partial charge in [0.1, 0.15) is 18.7 Å². The molecule has 3 aromatic heterocycles. The number of aliphatic carboxylic acids is 1. The van der Waals surface area contributed by atoms with Crippen LogP contribution in [0.5, 0.6) is 0 Å². The zero-order valence-corrected chi connectivity index (χ0v) is 37.4. The Kier molecular flexibility index (Phi) is 21.7. The number of carbonyl (C=O) groups is 3. The van der Waals surface area contributed by atoms with Crippen molar-refractivity contribution in [1.82, 2.24) is 54.7 Å². The van der Waals surface area contributed by atoms with Gasteiger partial charge in [-0.2, -0.15) is 15.0 Å². The first-order valence-electron chi connectivity index (χ1n) is 21.8. The van der Waals surface area contributed by atoms with E-state index in [9.17, 15) is 14.4 Å². The van der Waals surface area contributed by atoms with E-state index in [1.54, 1.807) is 22.7 Å². The molecule has 0 unspecified atom stereocenters. The highest BCUT2D eigenvalue weighted by Gasteiger charge is 2.32. The summed E-state index contributed by atoms with van der Waals surface area (Å²) in [4.78, 5) is 60.9. The highest BCUT2D eigenvalue weighted by atomic mass is 35.5. The second kappa shape index (κ2) is 27.1. The van der Waals surface area contributed by atoms with Crippen LogP contribution in [0.25, 0.3) is 0 Å². The molecule has 5 rings (SSSR count). The number of aryl methyl sites for hydroxylation is 2. The maximum absolute atomic E-state index is 14.1. The first kappa shape index (κ1) is 50.4. The van der Waals surface area contributed by atoms with Gasteiger partial charge in [0.25, 0.3) is 0 Å². The molecule has 2 atom stereocenters. The Morgan fingerprint density at radius 2 is 1.37 bits per heavy atom. The summed E-state index contributed by atoms with van der Waals surface area (Å²) in [5, 5.41) is 29.2. The van der Waals surface area contributed by atoms with Crippen molar-refractivity contribution < 1.29 is 51.8 Å². The SMILES string of the molecule is C#CCOCCOCCOCCNc1nc(N2CCN(C(=O)[C@H](C)n3cc(CCC(=O)O)nn3)CC2)nc(N2CCN(C(=O)[C@H](CCCC[NH3+])n3cc(CCCC)nn3)CC2)n1.[Cl-]. The first-order chi connectivity index (χ1) is 30.2. The van der Waals surface area contributed by atoms with Crippen LogP contribution in [-0.4, -0.2) is 183 Å². The second-order valence-electron chi connectivity index (χ2n) is 15.2. The Morgan fingerprint density at radius 1 is 0.794 bits per heavy atom. The lowest BCUT2D eigenvalue weighted by molar-refractivity contribution is -0.368. The molecular formula is C40H64ClN15O7. The minimum absolute atomic E-state index is 0. The predicted octanol–water partition coefficient (Wildman–Crippen LogP) is -3.27. The number of ether oxygens (including phenoxy) is 3. The van der Waals surface area contributed by atoms with Crippen molar-refractivity contribution in [2.24, 2.45) is 0 Å². The number of piperazine rings is 2. The third-order valence-corrected chi connectivity index (χ3v) is 10.7. The van der Waals surface area contributed by atoms with Crippen LogP contribution in [0.2, 0.25) is 0 Å². The number of carboxylic acids is 1. The number of hydrogen-bond donors (Lipinski definition) is 3. The topological polar surface area (TPSA) is 252 Å². The van der Waals surface area contributed by atoms with E-state index < -0.39 is 18.1 Å². The number of terminal acetylenes is 1. The fourth-order valence-corrected chi connectivity index (χ4v) is 7.04. The van der Waals surface area contributed by atoms with Crippen molar-refractivity contribution in [3.8, 4) is 12.3 Å². The van der Waals surface area contributed by atoms with Gasteiger partial charge in [0.15, 0.2) is 0 Å². The van der Waals surface area contributed by atoms with Gasteiger partial charge in [-0.3, -0.25) is 14.4 Å². The number of carbonyl (C=O) groups excluding carboxylic acids is 2. The monoisotopic (exact) mass is 901 g/mol. The van der Waals surface area contributed by atoms with Crippen molar-refractivity contribution in [1.29, 1.82) is 0 Å². The van der Waals surface area contributed by atoms with Crippen molar-refractivity contribution in [2.45, 2.75) is 77.3 Å². The fourth-order valence-electron chi connectivity index (χ4n) is 7.04. The van der Waals surface area contributed by atoms with Gasteiger partial charge >= 0.3 is 5.97 Å². The van der Waals surface area contributed by atoms with E-state index in [2.05, 4.69) is 49.4 Å². The zero-order chi connectivity index (χ0) is 44.1. The van der Waals surface area contributed by atoms with Gasteiger partial charge in [-0.25, -0.2) is 9.36 Å². The van der Waals surface area contributed by atoms with E-state index in [-0.39, 0.29) is 43.7 Å². The smallest absolute Gasteiger partial charge is 0.303 e. The van der Waals surface area contributed by atoms with Crippen molar-refractivity contribution in [3.63, 3.8) is 0 Å². The number of nitrogens with zero attached hydrogens (tertiary/aromatic N) is 13. The fraction of sp³-hybridized carbons (Fsp3) is 0.700. The normalized spacial score (nSPS) is 15.1. The quantitative estimate of drug-likeness (QED) is 0.0501. The number of aromatic nitrogens is 9. The number of unbranched alkanes of at least 4 members (excludes halogenated alkanes) is 2. The maximum Gasteiger partial charge on any atom is 0.303 e. The van der Waals surface area contributed by atoms with Gasteiger partial charge in [0.05, 0.1) is 57.4 Å². The summed E-state index contributed by atoms with van der Waals surface area (Å²) in [6.45, 7) is 11.3. The summed E-state index contributed by atoms with van der Waals surface area (Å²) in [5.41, 5.74) is 5.40. The van der Waals surface area contributed by atoms with Crippen LogP contribution in [0.15, 0.2) is 12.4 Å². The highest BCUT2D eigenvalue weighted by Crippen LogP contribution is 2.23. The summed E-state index contributed by atoms with van der Waals surface area (Å²) in [7, 11) is 0. The molecule has 0 saturated carbocycles. The van der Waals surface area contributed by atoms with Gasteiger partial charge in [-0.15, -0.1) is 16.6 Å². The highest BCUT2D eigenvalue weighted by molar-refractivity contribution is 5.81. The second-order valence-corrected chi connectivity index (χ2v) is 15.2. The molecule has 2 saturated heterocycles. The third kappa shape index (κ3) is 15.8. The average molecular weight is 903 g/mol. The van der Waals surface area contributed by atoms with Crippen LogP contribution in [0.4, 0.5) is 17.8 Å². The molecule has 2 fully saturated rings. The summed E-state index contributed by atoms with van der Waals surface area (Å²) < 4.78 is 19.7. The molecule has 3 aromatic rings. The van der Waals surface area contributed by atoms with Crippen LogP contribution < -0.4 is 33.3 Å². The summed E-state index contributed by atoms with van der Waals surface area (Å²) in [6, 6.07) is -1.04. The van der Waals surface area contributed by atoms with Crippen LogP contribution >= 0.6 is 0 Å². The molecule has 0 radical (unpaired) electrons. The van der Waals surface area contributed by atoms with Crippen LogP contribution in [0.3, 0.4) is 0 Å². The minimum Gasteiger partial charge on any atom is -1.00 e. The summed E-state index contributed by atoms with van der Waals surface area (Å²) >= 11 is 0. The Balaban J connectivity index is 0.00000871. The molecule has 23 heteroatoms. The number of anilines is 3. The average Bonchev–Trinajstić information content (AvgIpc) is 3.98. The van der Waals surface area contributed by atoms with E-state index in [4.69, 9.17) is 40.7 Å². The van der Waals surface area contributed by atoms with Crippen molar-refractivity contribution in [2.75, 3.05) is 120 Å². The van der Waals surface area contributed by atoms with E-state index in [1.165, 1.54) is 4.68 Å². The third-order valence-electron chi connectivity index (χ3n) is 10.7. The molecule has 0 aromatic carbocycles. The number of nitrogens with one attached hydrogen (secondary N) is 1. The Bertz CT molecular complexity index is 1880.